The number of amides is 1. The van der Waals surface area contributed by atoms with E-state index in [0.717, 1.165) is 42.4 Å². The quantitative estimate of drug-likeness (QED) is 0.296. The van der Waals surface area contributed by atoms with Crippen molar-refractivity contribution in [3.63, 3.8) is 0 Å². The Morgan fingerprint density at radius 3 is 1.97 bits per heavy atom. The van der Waals surface area contributed by atoms with Crippen LogP contribution >= 0.6 is 11.3 Å². The Labute approximate surface area is 210 Å². The first-order chi connectivity index (χ1) is 17.2. The van der Waals surface area contributed by atoms with Crippen molar-refractivity contribution in [1.29, 1.82) is 0 Å². The van der Waals surface area contributed by atoms with Crippen molar-refractivity contribution in [3.05, 3.63) is 124 Å². The third-order valence-corrected chi connectivity index (χ3v) is 7.63. The third kappa shape index (κ3) is 5.26. The summed E-state index contributed by atoms with van der Waals surface area (Å²) < 4.78 is 0. The molecule has 0 radical (unpaired) electrons. The lowest BCUT2D eigenvalue weighted by molar-refractivity contribution is -0.115. The van der Waals surface area contributed by atoms with E-state index < -0.39 is 0 Å². The van der Waals surface area contributed by atoms with Gasteiger partial charge in [0.15, 0.2) is 5.78 Å². The van der Waals surface area contributed by atoms with Gasteiger partial charge in [0.1, 0.15) is 5.00 Å². The molecule has 5 heteroatoms. The molecule has 0 saturated carbocycles. The van der Waals surface area contributed by atoms with Crippen molar-refractivity contribution in [3.8, 4) is 0 Å². The van der Waals surface area contributed by atoms with Gasteiger partial charge in [-0.2, -0.15) is 0 Å². The largest absolute Gasteiger partial charge is 0.316 e. The van der Waals surface area contributed by atoms with Gasteiger partial charge in [-0.15, -0.1) is 11.3 Å². The normalized spacial score (nSPS) is 12.8. The highest BCUT2D eigenvalue weighted by atomic mass is 32.1. The minimum atomic E-state index is -0.150. The molecule has 0 bridgehead atoms. The first-order valence-electron chi connectivity index (χ1n) is 12.1. The molecule has 35 heavy (non-hydrogen) atoms. The van der Waals surface area contributed by atoms with Gasteiger partial charge in [0.25, 0.3) is 0 Å². The fraction of sp³-hybridized carbons (Fsp3) is 0.200. The number of rotatable bonds is 8. The summed E-state index contributed by atoms with van der Waals surface area (Å²) in [5.74, 6) is -0.165. The molecule has 3 aromatic carbocycles. The molecule has 1 heterocycles. The Balaban J connectivity index is 1.37. The third-order valence-electron chi connectivity index (χ3n) is 6.42. The summed E-state index contributed by atoms with van der Waals surface area (Å²) in [6, 6.07) is 29.5. The maximum atomic E-state index is 13.5. The van der Waals surface area contributed by atoms with E-state index in [1.165, 1.54) is 4.88 Å². The van der Waals surface area contributed by atoms with Crippen molar-refractivity contribution < 1.29 is 9.59 Å². The van der Waals surface area contributed by atoms with Gasteiger partial charge in [0.2, 0.25) is 5.91 Å². The molecule has 0 fully saturated rings. The van der Waals surface area contributed by atoms with Gasteiger partial charge < -0.3 is 5.32 Å². The van der Waals surface area contributed by atoms with Crippen LogP contribution < -0.4 is 10.6 Å². The molecular formula is C30H28N2O2S. The number of carbonyl (C=O) groups is 2. The summed E-state index contributed by atoms with van der Waals surface area (Å²) in [6.45, 7) is 0.135. The van der Waals surface area contributed by atoms with Crippen LogP contribution in [0.25, 0.3) is 0 Å². The maximum absolute atomic E-state index is 13.5. The number of fused-ring (bicyclic) bond motifs is 1. The Morgan fingerprint density at radius 2 is 1.34 bits per heavy atom. The van der Waals surface area contributed by atoms with E-state index in [0.29, 0.717) is 16.1 Å². The van der Waals surface area contributed by atoms with Crippen LogP contribution in [0, 0.1) is 0 Å². The minimum absolute atomic E-state index is 0.0142. The average molecular weight is 481 g/mol. The van der Waals surface area contributed by atoms with Crippen LogP contribution in [0.15, 0.2) is 91.0 Å². The molecule has 0 saturated heterocycles. The van der Waals surface area contributed by atoms with Crippen LogP contribution in [0.5, 0.6) is 0 Å². The Morgan fingerprint density at radius 1 is 0.771 bits per heavy atom. The van der Waals surface area contributed by atoms with Gasteiger partial charge >= 0.3 is 0 Å². The Hall–Kier alpha value is -3.54. The number of carbonyl (C=O) groups excluding carboxylic acids is 2. The predicted molar refractivity (Wildman–Crippen MR) is 142 cm³/mol. The highest BCUT2D eigenvalue weighted by Crippen LogP contribution is 2.39. The first kappa shape index (κ1) is 23.2. The molecular weight excluding hydrogens is 452 g/mol. The molecule has 1 amide bonds. The second kappa shape index (κ2) is 10.8. The number of benzene rings is 3. The summed E-state index contributed by atoms with van der Waals surface area (Å²) >= 11 is 1.56. The summed E-state index contributed by atoms with van der Waals surface area (Å²) in [4.78, 5) is 27.8. The van der Waals surface area contributed by atoms with E-state index in [9.17, 15) is 9.59 Å². The first-order valence-corrected chi connectivity index (χ1v) is 12.9. The fourth-order valence-electron chi connectivity index (χ4n) is 4.71. The number of nitrogens with one attached hydrogen (secondary N) is 2. The second-order valence-electron chi connectivity index (χ2n) is 8.79. The highest BCUT2D eigenvalue weighted by molar-refractivity contribution is 7.17. The molecule has 1 aromatic heterocycles. The Bertz CT molecular complexity index is 1260. The summed E-state index contributed by atoms with van der Waals surface area (Å²) in [5, 5.41) is 7.17. The zero-order valence-electron chi connectivity index (χ0n) is 19.5. The average Bonchev–Trinajstić information content (AvgIpc) is 3.27. The van der Waals surface area contributed by atoms with Crippen molar-refractivity contribution in [2.45, 2.75) is 31.7 Å². The molecule has 0 spiro atoms. The van der Waals surface area contributed by atoms with Gasteiger partial charge in [-0.05, 0) is 42.4 Å². The molecule has 0 unspecified atom stereocenters. The van der Waals surface area contributed by atoms with Crippen molar-refractivity contribution in [1.82, 2.24) is 5.32 Å². The molecule has 1 aliphatic carbocycles. The second-order valence-corrected chi connectivity index (χ2v) is 9.90. The van der Waals surface area contributed by atoms with Gasteiger partial charge in [0, 0.05) is 10.4 Å². The molecule has 0 atom stereocenters. The SMILES string of the molecule is O=C(CNC(c1ccccc1)c1ccccc1)Nc1sc2c(c1C(=O)c1ccccc1)CCCC2. The van der Waals surface area contributed by atoms with Gasteiger partial charge in [-0.3, -0.25) is 14.9 Å². The van der Waals surface area contributed by atoms with Gasteiger partial charge in [0.05, 0.1) is 18.2 Å². The number of hydrogen-bond acceptors (Lipinski definition) is 4. The summed E-state index contributed by atoms with van der Waals surface area (Å²) in [6.07, 6.45) is 4.05. The van der Waals surface area contributed by atoms with E-state index in [1.54, 1.807) is 11.3 Å². The minimum Gasteiger partial charge on any atom is -0.316 e. The van der Waals surface area contributed by atoms with E-state index in [1.807, 2.05) is 66.7 Å². The zero-order valence-corrected chi connectivity index (χ0v) is 20.3. The topological polar surface area (TPSA) is 58.2 Å². The van der Waals surface area contributed by atoms with Crippen molar-refractivity contribution in [2.75, 3.05) is 11.9 Å². The number of anilines is 1. The lowest BCUT2D eigenvalue weighted by Crippen LogP contribution is -2.32. The smallest absolute Gasteiger partial charge is 0.238 e. The van der Waals surface area contributed by atoms with E-state index in [4.69, 9.17) is 0 Å². The van der Waals surface area contributed by atoms with Gasteiger partial charge in [-0.1, -0.05) is 91.0 Å². The number of aryl methyl sites for hydroxylation is 1. The lowest BCUT2D eigenvalue weighted by Gasteiger charge is -2.19. The predicted octanol–water partition coefficient (Wildman–Crippen LogP) is 6.18. The summed E-state index contributed by atoms with van der Waals surface area (Å²) in [7, 11) is 0. The molecule has 4 nitrogen and oxygen atoms in total. The van der Waals surface area contributed by atoms with Crippen molar-refractivity contribution >= 4 is 28.0 Å². The number of hydrogen-bond donors (Lipinski definition) is 2. The molecule has 0 aliphatic heterocycles. The maximum Gasteiger partial charge on any atom is 0.238 e. The fourth-order valence-corrected chi connectivity index (χ4v) is 6.02. The van der Waals surface area contributed by atoms with E-state index in [-0.39, 0.29) is 24.3 Å². The van der Waals surface area contributed by atoms with Crippen LogP contribution in [0.2, 0.25) is 0 Å². The van der Waals surface area contributed by atoms with Crippen molar-refractivity contribution in [2.24, 2.45) is 0 Å². The molecule has 4 aromatic rings. The van der Waals surface area contributed by atoms with Crippen LogP contribution in [-0.4, -0.2) is 18.2 Å². The molecule has 2 N–H and O–H groups in total. The monoisotopic (exact) mass is 480 g/mol. The van der Waals surface area contributed by atoms with Crippen LogP contribution in [-0.2, 0) is 17.6 Å². The molecule has 176 valence electrons. The van der Waals surface area contributed by atoms with Crippen LogP contribution in [0.4, 0.5) is 5.00 Å². The van der Waals surface area contributed by atoms with Gasteiger partial charge in [-0.25, -0.2) is 0 Å². The number of ketones is 1. The van der Waals surface area contributed by atoms with E-state index >= 15 is 0 Å². The van der Waals surface area contributed by atoms with Crippen LogP contribution in [0.1, 0.15) is 56.4 Å². The lowest BCUT2D eigenvalue weighted by atomic mass is 9.92. The Kier molecular flexibility index (Phi) is 7.17. The molecule has 5 rings (SSSR count). The zero-order chi connectivity index (χ0) is 24.0. The van der Waals surface area contributed by atoms with E-state index in [2.05, 4.69) is 34.9 Å². The van der Waals surface area contributed by atoms with Crippen LogP contribution in [0.3, 0.4) is 0 Å². The standard InChI is InChI=1S/C30H28N2O2S/c33-26(20-31-28(21-12-4-1-5-13-21)22-14-6-2-7-15-22)32-30-27(24-18-10-11-19-25(24)35-30)29(34)23-16-8-3-9-17-23/h1-9,12-17,28,31H,10-11,18-20H2,(H,32,33). The summed E-state index contributed by atoms with van der Waals surface area (Å²) in [5.41, 5.74) is 4.63. The highest BCUT2D eigenvalue weighted by Gasteiger charge is 2.27. The molecule has 1 aliphatic rings. The number of thiophene rings is 1.